The van der Waals surface area contributed by atoms with Crippen molar-refractivity contribution in [1.29, 1.82) is 0 Å². The van der Waals surface area contributed by atoms with Crippen molar-refractivity contribution in [1.82, 2.24) is 9.55 Å². The molecule has 0 aliphatic rings. The zero-order valence-electron chi connectivity index (χ0n) is 7.16. The molecular weight excluding hydrogens is 176 g/mol. The van der Waals surface area contributed by atoms with E-state index in [0.717, 1.165) is 25.3 Å². The normalized spacial score (nSPS) is 10.5. The van der Waals surface area contributed by atoms with E-state index in [1.807, 2.05) is 4.57 Å². The molecule has 1 rings (SSSR count). The number of hydrogen-bond acceptors (Lipinski definition) is 2. The highest BCUT2D eigenvalue weighted by molar-refractivity contribution is 6.16. The van der Waals surface area contributed by atoms with Gasteiger partial charge in [-0.05, 0) is 6.42 Å². The van der Waals surface area contributed by atoms with Gasteiger partial charge in [0.1, 0.15) is 0 Å². The largest absolute Gasteiger partial charge is 0.385 e. The van der Waals surface area contributed by atoms with Crippen LogP contribution < -0.4 is 0 Å². The Morgan fingerprint density at radius 2 is 2.50 bits per heavy atom. The van der Waals surface area contributed by atoms with Crippen LogP contribution in [0.15, 0.2) is 12.5 Å². The highest BCUT2D eigenvalue weighted by atomic mass is 35.5. The molecular formula is C8H13ClN2O. The summed E-state index contributed by atoms with van der Waals surface area (Å²) in [6, 6.07) is 0. The number of imidazole rings is 1. The zero-order chi connectivity index (χ0) is 8.81. The maximum Gasteiger partial charge on any atom is 0.0948 e. The van der Waals surface area contributed by atoms with Crippen molar-refractivity contribution in [3.63, 3.8) is 0 Å². The molecule has 0 N–H and O–H groups in total. The molecule has 0 radical (unpaired) electrons. The van der Waals surface area contributed by atoms with Crippen LogP contribution in [0.25, 0.3) is 0 Å². The second-order valence-corrected chi connectivity index (χ2v) is 2.83. The Hall–Kier alpha value is -0.540. The fourth-order valence-corrected chi connectivity index (χ4v) is 1.26. The third kappa shape index (κ3) is 2.50. The molecule has 0 spiro atoms. The number of ether oxygens (including phenoxy) is 1. The number of aromatic nitrogens is 2. The van der Waals surface area contributed by atoms with E-state index in [1.54, 1.807) is 19.6 Å². The molecule has 1 aromatic heterocycles. The number of halogens is 1. The van der Waals surface area contributed by atoms with Gasteiger partial charge in [-0.15, -0.1) is 11.6 Å². The van der Waals surface area contributed by atoms with Crippen molar-refractivity contribution in [3.8, 4) is 0 Å². The van der Waals surface area contributed by atoms with Crippen LogP contribution in [0.5, 0.6) is 0 Å². The highest BCUT2D eigenvalue weighted by Gasteiger charge is 1.98. The molecule has 0 amide bonds. The van der Waals surface area contributed by atoms with Crippen LogP contribution in [-0.4, -0.2) is 23.3 Å². The van der Waals surface area contributed by atoms with Crippen LogP contribution in [0.1, 0.15) is 12.1 Å². The second-order valence-electron chi connectivity index (χ2n) is 2.56. The monoisotopic (exact) mass is 188 g/mol. The van der Waals surface area contributed by atoms with E-state index < -0.39 is 0 Å². The molecule has 0 bridgehead atoms. The summed E-state index contributed by atoms with van der Waals surface area (Å²) >= 11 is 5.69. The molecule has 0 aliphatic heterocycles. The topological polar surface area (TPSA) is 27.1 Å². The molecule has 0 atom stereocenters. The lowest BCUT2D eigenvalue weighted by Crippen LogP contribution is -2.02. The first kappa shape index (κ1) is 9.55. The molecule has 68 valence electrons. The Morgan fingerprint density at radius 3 is 3.17 bits per heavy atom. The summed E-state index contributed by atoms with van der Waals surface area (Å²) in [7, 11) is 1.70. The summed E-state index contributed by atoms with van der Waals surface area (Å²) in [5, 5.41) is 0. The molecule has 4 heteroatoms. The molecule has 0 fully saturated rings. The van der Waals surface area contributed by atoms with Gasteiger partial charge in [-0.25, -0.2) is 4.98 Å². The Bertz CT molecular complexity index is 225. The first-order valence-electron chi connectivity index (χ1n) is 3.92. The van der Waals surface area contributed by atoms with Gasteiger partial charge in [-0.2, -0.15) is 0 Å². The lowest BCUT2D eigenvalue weighted by molar-refractivity contribution is 0.190. The second kappa shape index (κ2) is 5.17. The summed E-state index contributed by atoms with van der Waals surface area (Å²) in [5.41, 5.74) is 1.06. The lowest BCUT2D eigenvalue weighted by Gasteiger charge is -2.04. The Morgan fingerprint density at radius 1 is 1.67 bits per heavy atom. The molecule has 3 nitrogen and oxygen atoms in total. The Balaban J connectivity index is 2.39. The van der Waals surface area contributed by atoms with Crippen molar-refractivity contribution in [3.05, 3.63) is 18.2 Å². The minimum absolute atomic E-state index is 0.521. The van der Waals surface area contributed by atoms with Gasteiger partial charge in [0.2, 0.25) is 0 Å². The highest BCUT2D eigenvalue weighted by Crippen LogP contribution is 2.03. The number of aryl methyl sites for hydroxylation is 1. The minimum Gasteiger partial charge on any atom is -0.385 e. The number of nitrogens with zero attached hydrogens (tertiary/aromatic N) is 2. The fraction of sp³-hybridized carbons (Fsp3) is 0.625. The van der Waals surface area contributed by atoms with Crippen LogP contribution in [0.4, 0.5) is 0 Å². The van der Waals surface area contributed by atoms with Gasteiger partial charge in [-0.3, -0.25) is 0 Å². The maximum atomic E-state index is 5.69. The van der Waals surface area contributed by atoms with E-state index in [1.165, 1.54) is 0 Å². The summed E-state index contributed by atoms with van der Waals surface area (Å²) in [5.74, 6) is 0.521. The molecule has 0 saturated carbocycles. The van der Waals surface area contributed by atoms with Crippen molar-refractivity contribution in [2.45, 2.75) is 18.8 Å². The Kier molecular flexibility index (Phi) is 4.11. The van der Waals surface area contributed by atoms with Crippen molar-refractivity contribution in [2.24, 2.45) is 0 Å². The first-order chi connectivity index (χ1) is 5.88. The standard InChI is InChI=1S/C8H13ClN2O/c1-12-4-2-3-11-7-10-6-8(11)5-9/h6-7H,2-5H2,1H3. The van der Waals surface area contributed by atoms with E-state index in [-0.39, 0.29) is 0 Å². The van der Waals surface area contributed by atoms with Gasteiger partial charge in [0.15, 0.2) is 0 Å². The lowest BCUT2D eigenvalue weighted by atomic mass is 10.4. The van der Waals surface area contributed by atoms with Crippen LogP contribution in [0.2, 0.25) is 0 Å². The van der Waals surface area contributed by atoms with E-state index in [9.17, 15) is 0 Å². The third-order valence-corrected chi connectivity index (χ3v) is 1.96. The zero-order valence-corrected chi connectivity index (χ0v) is 7.92. The number of rotatable bonds is 5. The average molecular weight is 189 g/mol. The Labute approximate surface area is 77.3 Å². The van der Waals surface area contributed by atoms with Gasteiger partial charge >= 0.3 is 0 Å². The fourth-order valence-electron chi connectivity index (χ4n) is 1.04. The molecule has 0 aliphatic carbocycles. The van der Waals surface area contributed by atoms with E-state index in [2.05, 4.69) is 4.98 Å². The minimum atomic E-state index is 0.521. The van der Waals surface area contributed by atoms with Crippen molar-refractivity contribution < 1.29 is 4.74 Å². The van der Waals surface area contributed by atoms with Gasteiger partial charge in [0.25, 0.3) is 0 Å². The molecule has 1 heterocycles. The summed E-state index contributed by atoms with van der Waals surface area (Å²) < 4.78 is 6.99. The van der Waals surface area contributed by atoms with Gasteiger partial charge in [0.05, 0.1) is 17.9 Å². The summed E-state index contributed by atoms with van der Waals surface area (Å²) in [4.78, 5) is 4.01. The van der Waals surface area contributed by atoms with Crippen LogP contribution >= 0.6 is 11.6 Å². The quantitative estimate of drug-likeness (QED) is 0.519. The van der Waals surface area contributed by atoms with E-state index >= 15 is 0 Å². The molecule has 1 aromatic rings. The molecule has 0 aromatic carbocycles. The van der Waals surface area contributed by atoms with Crippen molar-refractivity contribution >= 4 is 11.6 Å². The predicted molar refractivity (Wildman–Crippen MR) is 48.3 cm³/mol. The average Bonchev–Trinajstić information content (AvgIpc) is 2.52. The first-order valence-corrected chi connectivity index (χ1v) is 4.46. The van der Waals surface area contributed by atoms with Crippen LogP contribution in [0, 0.1) is 0 Å². The van der Waals surface area contributed by atoms with Gasteiger partial charge in [-0.1, -0.05) is 0 Å². The number of hydrogen-bond donors (Lipinski definition) is 0. The predicted octanol–water partition coefficient (Wildman–Crippen LogP) is 1.66. The summed E-state index contributed by atoms with van der Waals surface area (Å²) in [6.45, 7) is 1.70. The van der Waals surface area contributed by atoms with Gasteiger partial charge < -0.3 is 9.30 Å². The number of alkyl halides is 1. The van der Waals surface area contributed by atoms with Crippen LogP contribution in [0.3, 0.4) is 0 Å². The van der Waals surface area contributed by atoms with Crippen molar-refractivity contribution in [2.75, 3.05) is 13.7 Å². The SMILES string of the molecule is COCCCn1cncc1CCl. The maximum absolute atomic E-state index is 5.69. The molecule has 12 heavy (non-hydrogen) atoms. The molecule has 0 unspecified atom stereocenters. The summed E-state index contributed by atoms with van der Waals surface area (Å²) in [6.07, 6.45) is 4.59. The van der Waals surface area contributed by atoms with E-state index in [4.69, 9.17) is 16.3 Å². The third-order valence-electron chi connectivity index (χ3n) is 1.68. The molecule has 0 saturated heterocycles. The van der Waals surface area contributed by atoms with Gasteiger partial charge in [0, 0.05) is 26.5 Å². The number of methoxy groups -OCH3 is 1. The van der Waals surface area contributed by atoms with E-state index in [0.29, 0.717) is 5.88 Å². The van der Waals surface area contributed by atoms with Crippen LogP contribution in [-0.2, 0) is 17.2 Å². The smallest absolute Gasteiger partial charge is 0.0948 e.